The Hall–Kier alpha value is -0.950. The topological polar surface area (TPSA) is 9.23 Å². The molecule has 0 saturated heterocycles. The van der Waals surface area contributed by atoms with E-state index in [1.54, 1.807) is 0 Å². The van der Waals surface area contributed by atoms with Gasteiger partial charge in [-0.05, 0) is 40.3 Å². The molecule has 0 unspecified atom stereocenters. The van der Waals surface area contributed by atoms with E-state index in [0.717, 1.165) is 11.6 Å². The van der Waals surface area contributed by atoms with Gasteiger partial charge in [0, 0.05) is 0 Å². The summed E-state index contributed by atoms with van der Waals surface area (Å²) in [6, 6.07) is 11.5. The van der Waals surface area contributed by atoms with E-state index in [9.17, 15) is 13.2 Å². The Bertz CT molecular complexity index is 599. The summed E-state index contributed by atoms with van der Waals surface area (Å²) < 4.78 is 44.3. The minimum Gasteiger partial charge on any atom is -0.486 e. The fourth-order valence-electron chi connectivity index (χ4n) is 1.61. The summed E-state index contributed by atoms with van der Waals surface area (Å²) in [6.07, 6.45) is -4.49. The van der Waals surface area contributed by atoms with E-state index >= 15 is 0 Å². The second kappa shape index (κ2) is 6.22. The molecule has 0 fully saturated rings. The van der Waals surface area contributed by atoms with Gasteiger partial charge in [-0.15, -0.1) is 0 Å². The van der Waals surface area contributed by atoms with Crippen LogP contribution in [0.1, 0.15) is 11.1 Å². The first kappa shape index (κ1) is 15.4. The van der Waals surface area contributed by atoms with E-state index in [2.05, 4.69) is 0 Å². The van der Waals surface area contributed by atoms with Crippen LogP contribution >= 0.6 is 34.2 Å². The average Bonchev–Trinajstić information content (AvgIpc) is 2.38. The minimum absolute atomic E-state index is 0.0611. The van der Waals surface area contributed by atoms with Crippen molar-refractivity contribution < 1.29 is 17.9 Å². The van der Waals surface area contributed by atoms with Gasteiger partial charge in [0.05, 0.1) is 14.2 Å². The molecule has 1 nitrogen and oxygen atoms in total. The van der Waals surface area contributed by atoms with E-state index in [-0.39, 0.29) is 12.4 Å². The molecule has 0 aliphatic carbocycles. The highest BCUT2D eigenvalue weighted by molar-refractivity contribution is 14.1. The fraction of sp³-hybridized carbons (Fsp3) is 0.143. The van der Waals surface area contributed by atoms with Gasteiger partial charge in [-0.2, -0.15) is 13.2 Å². The average molecular weight is 413 g/mol. The maximum Gasteiger partial charge on any atom is 0.417 e. The molecule has 0 amide bonds. The number of alkyl halides is 3. The summed E-state index contributed by atoms with van der Waals surface area (Å²) in [4.78, 5) is 0. The second-order valence-corrected chi connectivity index (χ2v) is 5.55. The molecule has 6 heteroatoms. The zero-order valence-corrected chi connectivity index (χ0v) is 13.0. The van der Waals surface area contributed by atoms with Crippen LogP contribution < -0.4 is 4.74 Å². The summed E-state index contributed by atoms with van der Waals surface area (Å²) in [7, 11) is 0. The molecule has 0 N–H and O–H groups in total. The lowest BCUT2D eigenvalue weighted by molar-refractivity contribution is -0.137. The first-order valence-electron chi connectivity index (χ1n) is 5.61. The van der Waals surface area contributed by atoms with Crippen LogP contribution in [0.5, 0.6) is 5.75 Å². The lowest BCUT2D eigenvalue weighted by Crippen LogP contribution is -2.08. The van der Waals surface area contributed by atoms with E-state index in [1.807, 2.05) is 52.9 Å². The molecule has 2 rings (SSSR count). The SMILES string of the molecule is FC(F)(F)c1ccc(I)c(OCc2ccccc2)c1Cl. The van der Waals surface area contributed by atoms with Gasteiger partial charge in [-0.1, -0.05) is 41.9 Å². The molecule has 0 aliphatic rings. The number of ether oxygens (including phenoxy) is 1. The molecule has 0 atom stereocenters. The smallest absolute Gasteiger partial charge is 0.417 e. The molecule has 0 saturated carbocycles. The van der Waals surface area contributed by atoms with Crippen LogP contribution in [-0.2, 0) is 12.8 Å². The molecule has 0 bridgehead atoms. The largest absolute Gasteiger partial charge is 0.486 e. The lowest BCUT2D eigenvalue weighted by Gasteiger charge is -2.15. The van der Waals surface area contributed by atoms with Gasteiger partial charge in [0.15, 0.2) is 5.75 Å². The van der Waals surface area contributed by atoms with E-state index in [1.165, 1.54) is 6.07 Å². The number of benzene rings is 2. The highest BCUT2D eigenvalue weighted by atomic mass is 127. The van der Waals surface area contributed by atoms with Gasteiger partial charge in [0.2, 0.25) is 0 Å². The quantitative estimate of drug-likeness (QED) is 0.601. The highest BCUT2D eigenvalue weighted by Gasteiger charge is 2.35. The van der Waals surface area contributed by atoms with Crippen LogP contribution in [0.3, 0.4) is 0 Å². The standard InChI is InChI=1S/C14H9ClF3IO/c15-12-10(14(16,17)18)6-7-11(19)13(12)20-8-9-4-2-1-3-5-9/h1-7H,8H2. The summed E-state index contributed by atoms with van der Waals surface area (Å²) in [5, 5.41) is -0.402. The van der Waals surface area contributed by atoms with Crippen molar-refractivity contribution in [2.24, 2.45) is 0 Å². The molecule has 2 aromatic rings. The molecule has 106 valence electrons. The van der Waals surface area contributed by atoms with Gasteiger partial charge >= 0.3 is 6.18 Å². The van der Waals surface area contributed by atoms with Crippen molar-refractivity contribution in [1.29, 1.82) is 0 Å². The second-order valence-electron chi connectivity index (χ2n) is 4.01. The Balaban J connectivity index is 2.27. The van der Waals surface area contributed by atoms with Crippen molar-refractivity contribution in [2.45, 2.75) is 12.8 Å². The summed E-state index contributed by atoms with van der Waals surface area (Å²) in [5.74, 6) is 0.0611. The van der Waals surface area contributed by atoms with Crippen LogP contribution in [0.25, 0.3) is 0 Å². The van der Waals surface area contributed by atoms with Gasteiger partial charge in [-0.25, -0.2) is 0 Å². The minimum atomic E-state index is -4.49. The van der Waals surface area contributed by atoms with E-state index < -0.39 is 16.8 Å². The van der Waals surface area contributed by atoms with Gasteiger partial charge in [-0.3, -0.25) is 0 Å². The van der Waals surface area contributed by atoms with Crippen LogP contribution in [-0.4, -0.2) is 0 Å². The summed E-state index contributed by atoms with van der Waals surface area (Å²) in [6.45, 7) is 0.165. The van der Waals surface area contributed by atoms with Crippen LogP contribution in [0.4, 0.5) is 13.2 Å². The Labute approximate surface area is 132 Å². The summed E-state index contributed by atoms with van der Waals surface area (Å²) >= 11 is 7.71. The van der Waals surface area contributed by atoms with Crippen LogP contribution in [0.15, 0.2) is 42.5 Å². The summed E-state index contributed by atoms with van der Waals surface area (Å²) in [5.41, 5.74) is -0.0283. The Morgan fingerprint density at radius 2 is 1.70 bits per heavy atom. The predicted molar refractivity (Wildman–Crippen MR) is 79.9 cm³/mol. The maximum absolute atomic E-state index is 12.8. The third-order valence-electron chi connectivity index (χ3n) is 2.58. The van der Waals surface area contributed by atoms with E-state index in [0.29, 0.717) is 3.57 Å². The molecule has 0 radical (unpaired) electrons. The molecular formula is C14H9ClF3IO. The number of hydrogen-bond acceptors (Lipinski definition) is 1. The highest BCUT2D eigenvalue weighted by Crippen LogP contribution is 2.41. The molecule has 0 aliphatic heterocycles. The zero-order valence-electron chi connectivity index (χ0n) is 10.0. The van der Waals surface area contributed by atoms with Crippen LogP contribution in [0.2, 0.25) is 5.02 Å². The van der Waals surface area contributed by atoms with Gasteiger partial charge in [0.25, 0.3) is 0 Å². The third kappa shape index (κ3) is 3.58. The van der Waals surface area contributed by atoms with Crippen molar-refractivity contribution in [3.8, 4) is 5.75 Å². The van der Waals surface area contributed by atoms with Gasteiger partial charge in [0.1, 0.15) is 6.61 Å². The number of rotatable bonds is 3. The van der Waals surface area contributed by atoms with E-state index in [4.69, 9.17) is 16.3 Å². The third-order valence-corrected chi connectivity index (χ3v) is 3.81. The Morgan fingerprint density at radius 3 is 2.30 bits per heavy atom. The molecule has 20 heavy (non-hydrogen) atoms. The van der Waals surface area contributed by atoms with Crippen molar-refractivity contribution >= 4 is 34.2 Å². The number of halogens is 5. The van der Waals surface area contributed by atoms with Gasteiger partial charge < -0.3 is 4.74 Å². The van der Waals surface area contributed by atoms with Crippen molar-refractivity contribution in [3.05, 3.63) is 62.2 Å². The molecular weight excluding hydrogens is 404 g/mol. The first-order valence-corrected chi connectivity index (χ1v) is 7.07. The maximum atomic E-state index is 12.8. The first-order chi connectivity index (χ1) is 9.39. The Kier molecular flexibility index (Phi) is 4.80. The molecule has 0 heterocycles. The van der Waals surface area contributed by atoms with Crippen molar-refractivity contribution in [3.63, 3.8) is 0 Å². The Morgan fingerprint density at radius 1 is 1.05 bits per heavy atom. The van der Waals surface area contributed by atoms with Crippen molar-refractivity contribution in [1.82, 2.24) is 0 Å². The predicted octanol–water partition coefficient (Wildman–Crippen LogP) is 5.54. The normalized spacial score (nSPS) is 11.4. The fourth-order valence-corrected chi connectivity index (χ4v) is 2.70. The molecule has 0 aromatic heterocycles. The monoisotopic (exact) mass is 412 g/mol. The molecule has 2 aromatic carbocycles. The van der Waals surface area contributed by atoms with Crippen LogP contribution in [0, 0.1) is 3.57 Å². The zero-order chi connectivity index (χ0) is 14.8. The number of hydrogen-bond donors (Lipinski definition) is 0. The molecule has 0 spiro atoms. The lowest BCUT2D eigenvalue weighted by atomic mass is 10.2. The van der Waals surface area contributed by atoms with Crippen molar-refractivity contribution in [2.75, 3.05) is 0 Å².